The number of amides is 1. The number of halogens is 1. The van der Waals surface area contributed by atoms with Gasteiger partial charge in [-0.3, -0.25) is 14.7 Å². The lowest BCUT2D eigenvalue weighted by Crippen LogP contribution is -2.28. The number of benzene rings is 1. The van der Waals surface area contributed by atoms with Gasteiger partial charge in [-0.05, 0) is 68.1 Å². The molecular weight excluding hydrogens is 342 g/mol. The van der Waals surface area contributed by atoms with Crippen LogP contribution in [0.4, 0.5) is 0 Å². The minimum atomic E-state index is 0.0126. The van der Waals surface area contributed by atoms with Crippen molar-refractivity contribution < 1.29 is 4.79 Å². The van der Waals surface area contributed by atoms with Gasteiger partial charge in [0.05, 0.1) is 4.91 Å². The van der Waals surface area contributed by atoms with Crippen LogP contribution in [0.1, 0.15) is 19.5 Å². The van der Waals surface area contributed by atoms with Gasteiger partial charge in [0.1, 0.15) is 0 Å². The Morgan fingerprint density at radius 3 is 2.62 bits per heavy atom. The van der Waals surface area contributed by atoms with Crippen LogP contribution in [-0.2, 0) is 4.79 Å². The summed E-state index contributed by atoms with van der Waals surface area (Å²) in [6.07, 6.45) is 3.89. The molecule has 1 aromatic carbocycles. The smallest absolute Gasteiger partial charge is 0.266 e. The van der Waals surface area contributed by atoms with Gasteiger partial charge in [0.25, 0.3) is 5.91 Å². The number of rotatable bonds is 4. The van der Waals surface area contributed by atoms with Crippen LogP contribution in [0.3, 0.4) is 0 Å². The zero-order chi connectivity index (χ0) is 17.1. The van der Waals surface area contributed by atoms with Crippen molar-refractivity contribution in [1.82, 2.24) is 9.47 Å². The molecule has 3 rings (SSSR count). The normalized spacial score (nSPS) is 18.1. The van der Waals surface area contributed by atoms with Crippen LogP contribution in [-0.4, -0.2) is 33.6 Å². The van der Waals surface area contributed by atoms with Gasteiger partial charge in [0, 0.05) is 35.7 Å². The van der Waals surface area contributed by atoms with Crippen LogP contribution in [0.15, 0.2) is 52.5 Å². The molecule has 0 radical (unpaired) electrons. The fourth-order valence-electron chi connectivity index (χ4n) is 2.52. The fraction of sp³-hybridized carbons (Fsp3) is 0.222. The predicted molar refractivity (Wildman–Crippen MR) is 102 cm³/mol. The van der Waals surface area contributed by atoms with Crippen molar-refractivity contribution in [1.29, 1.82) is 0 Å². The van der Waals surface area contributed by atoms with Crippen molar-refractivity contribution in [3.63, 3.8) is 0 Å². The number of likely N-dealkylation sites (N-methyl/N-ethyl adjacent to an activating group) is 1. The second-order valence-electron chi connectivity index (χ2n) is 5.20. The molecule has 2 heterocycles. The SMILES string of the molecule is CCN=C1S/C(=C\c2cccn2-c2ccc(Cl)cc2)C(=O)N1CC. The molecule has 0 atom stereocenters. The van der Waals surface area contributed by atoms with Crippen LogP contribution in [0.25, 0.3) is 11.8 Å². The van der Waals surface area contributed by atoms with Crippen molar-refractivity contribution >= 4 is 40.5 Å². The van der Waals surface area contributed by atoms with E-state index in [1.807, 2.05) is 67.1 Å². The van der Waals surface area contributed by atoms with Gasteiger partial charge in [-0.15, -0.1) is 0 Å². The van der Waals surface area contributed by atoms with Crippen LogP contribution in [0.5, 0.6) is 0 Å². The Kier molecular flexibility index (Phi) is 5.11. The van der Waals surface area contributed by atoms with Crippen LogP contribution in [0.2, 0.25) is 5.02 Å². The second kappa shape index (κ2) is 7.28. The second-order valence-corrected chi connectivity index (χ2v) is 6.64. The maximum absolute atomic E-state index is 12.6. The zero-order valence-corrected chi connectivity index (χ0v) is 15.1. The lowest BCUT2D eigenvalue weighted by atomic mass is 10.3. The molecule has 4 nitrogen and oxygen atoms in total. The van der Waals surface area contributed by atoms with Gasteiger partial charge in [-0.2, -0.15) is 0 Å². The number of hydrogen-bond donors (Lipinski definition) is 0. The number of aliphatic imine (C=N–C) groups is 1. The molecule has 1 saturated heterocycles. The lowest BCUT2D eigenvalue weighted by molar-refractivity contribution is -0.122. The Balaban J connectivity index is 1.96. The van der Waals surface area contributed by atoms with Gasteiger partial charge < -0.3 is 4.57 Å². The first-order chi connectivity index (χ1) is 11.6. The zero-order valence-electron chi connectivity index (χ0n) is 13.6. The summed E-state index contributed by atoms with van der Waals surface area (Å²) in [4.78, 5) is 19.4. The highest BCUT2D eigenvalue weighted by atomic mass is 35.5. The molecule has 1 aliphatic rings. The minimum absolute atomic E-state index is 0.0126. The Morgan fingerprint density at radius 1 is 1.21 bits per heavy atom. The number of carbonyl (C=O) groups excluding carboxylic acids is 1. The summed E-state index contributed by atoms with van der Waals surface area (Å²) in [6, 6.07) is 11.6. The van der Waals surface area contributed by atoms with E-state index in [1.165, 1.54) is 11.8 Å². The number of carbonyl (C=O) groups is 1. The predicted octanol–water partition coefficient (Wildman–Crippen LogP) is 4.44. The van der Waals surface area contributed by atoms with Crippen LogP contribution < -0.4 is 0 Å². The molecule has 0 aliphatic carbocycles. The van der Waals surface area contributed by atoms with Crippen molar-refractivity contribution in [3.05, 3.63) is 58.2 Å². The van der Waals surface area contributed by atoms with E-state index in [1.54, 1.807) is 4.90 Å². The maximum Gasteiger partial charge on any atom is 0.266 e. The molecule has 1 aromatic heterocycles. The summed E-state index contributed by atoms with van der Waals surface area (Å²) in [6.45, 7) is 5.23. The molecule has 1 amide bonds. The molecule has 124 valence electrons. The first-order valence-electron chi connectivity index (χ1n) is 7.83. The molecular formula is C18H18ClN3OS. The summed E-state index contributed by atoms with van der Waals surface area (Å²) in [7, 11) is 0. The molecule has 6 heteroatoms. The Hall–Kier alpha value is -1.98. The van der Waals surface area contributed by atoms with Gasteiger partial charge in [-0.1, -0.05) is 11.6 Å². The van der Waals surface area contributed by atoms with Crippen molar-refractivity contribution in [2.24, 2.45) is 4.99 Å². The standard InChI is InChI=1S/C18H18ClN3OS/c1-3-20-18-21(4-2)17(23)16(24-18)12-15-6-5-11-22(15)14-9-7-13(19)8-10-14/h5-12H,3-4H2,1-2H3/b16-12-,20-18?. The quantitative estimate of drug-likeness (QED) is 0.757. The Bertz CT molecular complexity index is 808. The molecule has 1 aliphatic heterocycles. The third kappa shape index (κ3) is 3.28. The fourth-order valence-corrected chi connectivity index (χ4v) is 3.74. The molecule has 0 bridgehead atoms. The molecule has 24 heavy (non-hydrogen) atoms. The average molecular weight is 360 g/mol. The van der Waals surface area contributed by atoms with Crippen molar-refractivity contribution in [2.45, 2.75) is 13.8 Å². The van der Waals surface area contributed by atoms with Crippen LogP contribution >= 0.6 is 23.4 Å². The summed E-state index contributed by atoms with van der Waals surface area (Å²) in [5, 5.41) is 1.48. The topological polar surface area (TPSA) is 37.6 Å². The summed E-state index contributed by atoms with van der Waals surface area (Å²) in [5.41, 5.74) is 1.95. The summed E-state index contributed by atoms with van der Waals surface area (Å²) >= 11 is 7.39. The van der Waals surface area contributed by atoms with E-state index in [0.29, 0.717) is 23.0 Å². The van der Waals surface area contributed by atoms with Gasteiger partial charge in [-0.25, -0.2) is 0 Å². The van der Waals surface area contributed by atoms with E-state index in [4.69, 9.17) is 11.6 Å². The monoisotopic (exact) mass is 359 g/mol. The largest absolute Gasteiger partial charge is 0.317 e. The van der Waals surface area contributed by atoms with Gasteiger partial charge in [0.2, 0.25) is 0 Å². The van der Waals surface area contributed by atoms with Crippen molar-refractivity contribution in [2.75, 3.05) is 13.1 Å². The van der Waals surface area contributed by atoms with E-state index in [0.717, 1.165) is 16.5 Å². The number of nitrogens with zero attached hydrogens (tertiary/aromatic N) is 3. The Morgan fingerprint density at radius 2 is 1.96 bits per heavy atom. The molecule has 0 unspecified atom stereocenters. The average Bonchev–Trinajstić information content (AvgIpc) is 3.14. The summed E-state index contributed by atoms with van der Waals surface area (Å²) < 4.78 is 2.03. The number of amidine groups is 1. The number of aromatic nitrogens is 1. The van der Waals surface area contributed by atoms with E-state index in [2.05, 4.69) is 4.99 Å². The van der Waals surface area contributed by atoms with Crippen LogP contribution in [0, 0.1) is 0 Å². The summed E-state index contributed by atoms with van der Waals surface area (Å²) in [5.74, 6) is 0.0126. The third-order valence-electron chi connectivity index (χ3n) is 3.66. The Labute approximate surface area is 150 Å². The van der Waals surface area contributed by atoms with Crippen molar-refractivity contribution in [3.8, 4) is 5.69 Å². The molecule has 0 N–H and O–H groups in total. The maximum atomic E-state index is 12.6. The highest BCUT2D eigenvalue weighted by molar-refractivity contribution is 8.18. The molecule has 2 aromatic rings. The first kappa shape index (κ1) is 16.9. The minimum Gasteiger partial charge on any atom is -0.317 e. The van der Waals surface area contributed by atoms with Gasteiger partial charge >= 0.3 is 0 Å². The number of thioether (sulfide) groups is 1. The highest BCUT2D eigenvalue weighted by Gasteiger charge is 2.32. The van der Waals surface area contributed by atoms with E-state index < -0.39 is 0 Å². The van der Waals surface area contributed by atoms with E-state index >= 15 is 0 Å². The molecule has 0 saturated carbocycles. The first-order valence-corrected chi connectivity index (χ1v) is 9.02. The van der Waals surface area contributed by atoms with Gasteiger partial charge in [0.15, 0.2) is 5.17 Å². The number of hydrogen-bond acceptors (Lipinski definition) is 3. The molecule has 0 spiro atoms. The lowest BCUT2D eigenvalue weighted by Gasteiger charge is -2.11. The third-order valence-corrected chi connectivity index (χ3v) is 4.96. The molecule has 1 fully saturated rings. The van der Waals surface area contributed by atoms with E-state index in [9.17, 15) is 4.79 Å². The highest BCUT2D eigenvalue weighted by Crippen LogP contribution is 2.32. The van der Waals surface area contributed by atoms with E-state index in [-0.39, 0.29) is 5.91 Å².